The number of benzene rings is 1. The topological polar surface area (TPSA) is 58.2 Å². The summed E-state index contributed by atoms with van der Waals surface area (Å²) in [6.45, 7) is 0.809. The van der Waals surface area contributed by atoms with Gasteiger partial charge >= 0.3 is 0 Å². The van der Waals surface area contributed by atoms with Crippen molar-refractivity contribution < 1.29 is 18.3 Å². The number of carbonyl (C=O) groups excluding carboxylic acids is 1. The van der Waals surface area contributed by atoms with Crippen LogP contribution >= 0.6 is 11.6 Å². The van der Waals surface area contributed by atoms with E-state index in [2.05, 4.69) is 9.97 Å². The Morgan fingerprint density at radius 2 is 2.04 bits per heavy atom. The number of nitrogens with one attached hydrogen (secondary N) is 1. The van der Waals surface area contributed by atoms with Gasteiger partial charge < -0.3 is 14.6 Å². The summed E-state index contributed by atoms with van der Waals surface area (Å²) < 4.78 is 33.9. The Labute approximate surface area is 165 Å². The van der Waals surface area contributed by atoms with Crippen molar-refractivity contribution in [3.05, 3.63) is 58.4 Å². The molecule has 2 aromatic heterocycles. The average molecular weight is 406 g/mol. The average Bonchev–Trinajstić information content (AvgIpc) is 3.17. The zero-order chi connectivity index (χ0) is 19.8. The molecule has 5 nitrogen and oxygen atoms in total. The van der Waals surface area contributed by atoms with Crippen LogP contribution in [-0.4, -0.2) is 41.0 Å². The van der Waals surface area contributed by atoms with Crippen molar-refractivity contribution in [2.75, 3.05) is 20.2 Å². The van der Waals surface area contributed by atoms with E-state index in [-0.39, 0.29) is 28.1 Å². The number of hydrogen-bond donors (Lipinski definition) is 1. The van der Waals surface area contributed by atoms with Crippen molar-refractivity contribution in [2.24, 2.45) is 0 Å². The van der Waals surface area contributed by atoms with Gasteiger partial charge in [0.05, 0.1) is 23.9 Å². The van der Waals surface area contributed by atoms with E-state index in [4.69, 9.17) is 16.3 Å². The van der Waals surface area contributed by atoms with E-state index in [0.717, 1.165) is 5.39 Å². The molecule has 1 aliphatic rings. The van der Waals surface area contributed by atoms with Gasteiger partial charge in [-0.15, -0.1) is 0 Å². The number of hydrogen-bond acceptors (Lipinski definition) is 3. The Hall–Kier alpha value is -2.67. The summed E-state index contributed by atoms with van der Waals surface area (Å²) in [4.78, 5) is 21.4. The first kappa shape index (κ1) is 18.7. The Balaban J connectivity index is 1.54. The summed E-state index contributed by atoms with van der Waals surface area (Å²) in [5.74, 6) is -1.71. The maximum absolute atomic E-state index is 14.6. The number of piperidine rings is 1. The number of rotatable bonds is 3. The smallest absolute Gasteiger partial charge is 0.256 e. The van der Waals surface area contributed by atoms with Gasteiger partial charge in [-0.1, -0.05) is 11.6 Å². The molecular formula is C20H18ClF2N3O2. The molecule has 1 aromatic carbocycles. The largest absolute Gasteiger partial charge is 0.492 e. The van der Waals surface area contributed by atoms with Crippen LogP contribution in [0.15, 0.2) is 30.6 Å². The molecule has 8 heteroatoms. The van der Waals surface area contributed by atoms with Crippen LogP contribution < -0.4 is 4.74 Å². The fraction of sp³-hybridized carbons (Fsp3) is 0.300. The van der Waals surface area contributed by atoms with Crippen molar-refractivity contribution in [2.45, 2.75) is 18.8 Å². The van der Waals surface area contributed by atoms with Crippen LogP contribution in [0.3, 0.4) is 0 Å². The zero-order valence-electron chi connectivity index (χ0n) is 15.1. The number of aromatic nitrogens is 2. The molecule has 0 saturated carbocycles. The third-order valence-electron chi connectivity index (χ3n) is 5.25. The van der Waals surface area contributed by atoms with Gasteiger partial charge in [-0.25, -0.2) is 13.8 Å². The first-order valence-electron chi connectivity index (χ1n) is 8.94. The molecule has 1 N–H and O–H groups in total. The highest BCUT2D eigenvalue weighted by atomic mass is 35.5. The molecule has 0 spiro atoms. The lowest BCUT2D eigenvalue weighted by Gasteiger charge is -2.32. The third-order valence-corrected chi connectivity index (χ3v) is 5.55. The predicted molar refractivity (Wildman–Crippen MR) is 102 cm³/mol. The molecule has 28 heavy (non-hydrogen) atoms. The van der Waals surface area contributed by atoms with Crippen LogP contribution in [-0.2, 0) is 0 Å². The Morgan fingerprint density at radius 3 is 2.75 bits per heavy atom. The molecule has 0 bridgehead atoms. The van der Waals surface area contributed by atoms with Crippen molar-refractivity contribution >= 4 is 28.5 Å². The SMILES string of the molecule is COc1c(Cl)ccc(C(=O)N2CCC(c3c(F)cnc4[nH]ccc34)CC2)c1F. The number of carbonyl (C=O) groups is 1. The number of fused-ring (bicyclic) bond motifs is 1. The lowest BCUT2D eigenvalue weighted by molar-refractivity contribution is 0.0707. The second kappa shape index (κ2) is 7.39. The molecule has 0 unspecified atom stereocenters. The molecule has 3 aromatic rings. The third kappa shape index (κ3) is 3.09. The first-order valence-corrected chi connectivity index (χ1v) is 9.31. The quantitative estimate of drug-likeness (QED) is 0.696. The molecule has 146 valence electrons. The predicted octanol–water partition coefficient (Wildman–Crippen LogP) is 4.52. The summed E-state index contributed by atoms with van der Waals surface area (Å²) in [7, 11) is 1.30. The monoisotopic (exact) mass is 405 g/mol. The number of ether oxygens (including phenoxy) is 1. The van der Waals surface area contributed by atoms with Crippen molar-refractivity contribution in [1.29, 1.82) is 0 Å². The maximum atomic E-state index is 14.6. The van der Waals surface area contributed by atoms with Crippen molar-refractivity contribution in [3.63, 3.8) is 0 Å². The highest BCUT2D eigenvalue weighted by Crippen LogP contribution is 2.35. The molecular weight excluding hydrogens is 388 g/mol. The minimum atomic E-state index is -0.767. The van der Waals surface area contributed by atoms with Crippen LogP contribution in [0.4, 0.5) is 8.78 Å². The van der Waals surface area contributed by atoms with Crippen molar-refractivity contribution in [1.82, 2.24) is 14.9 Å². The molecule has 1 saturated heterocycles. The Bertz CT molecular complexity index is 1050. The van der Waals surface area contributed by atoms with E-state index in [9.17, 15) is 13.6 Å². The fourth-order valence-corrected chi connectivity index (χ4v) is 4.07. The van der Waals surface area contributed by atoms with Crippen LogP contribution in [0, 0.1) is 11.6 Å². The second-order valence-corrected chi connectivity index (χ2v) is 7.18. The highest BCUT2D eigenvalue weighted by molar-refractivity contribution is 6.32. The Kier molecular flexibility index (Phi) is 4.93. The number of aromatic amines is 1. The van der Waals surface area contributed by atoms with Crippen molar-refractivity contribution in [3.8, 4) is 5.75 Å². The number of amides is 1. The minimum Gasteiger partial charge on any atom is -0.492 e. The number of nitrogens with zero attached hydrogens (tertiary/aromatic N) is 2. The molecule has 3 heterocycles. The highest BCUT2D eigenvalue weighted by Gasteiger charge is 2.29. The van der Waals surface area contributed by atoms with E-state index < -0.39 is 11.7 Å². The first-order chi connectivity index (χ1) is 13.5. The fourth-order valence-electron chi connectivity index (χ4n) is 3.85. The number of H-pyrrole nitrogens is 1. The molecule has 1 fully saturated rings. The number of methoxy groups -OCH3 is 1. The second-order valence-electron chi connectivity index (χ2n) is 6.77. The van der Waals surface area contributed by atoms with Gasteiger partial charge in [0.25, 0.3) is 5.91 Å². The summed E-state index contributed by atoms with van der Waals surface area (Å²) in [5.41, 5.74) is 1.19. The number of halogens is 3. The molecule has 0 aliphatic carbocycles. The Morgan fingerprint density at radius 1 is 1.29 bits per heavy atom. The van der Waals surface area contributed by atoms with E-state index in [0.29, 0.717) is 37.1 Å². The van der Waals surface area contributed by atoms with Crippen LogP contribution in [0.2, 0.25) is 5.02 Å². The normalized spacial score (nSPS) is 15.2. The van der Waals surface area contributed by atoms with E-state index in [1.165, 1.54) is 25.4 Å². The molecule has 1 amide bonds. The van der Waals surface area contributed by atoms with Crippen LogP contribution in [0.5, 0.6) is 5.75 Å². The van der Waals surface area contributed by atoms with Gasteiger partial charge in [-0.3, -0.25) is 4.79 Å². The number of likely N-dealkylation sites (tertiary alicyclic amines) is 1. The lowest BCUT2D eigenvalue weighted by Crippen LogP contribution is -2.38. The number of pyridine rings is 1. The molecule has 0 radical (unpaired) electrons. The molecule has 4 rings (SSSR count). The standard InChI is InChI=1S/C20H18ClF2N3O2/c1-28-18-14(21)3-2-13(17(18)23)20(27)26-8-5-11(6-9-26)16-12-4-7-24-19(12)25-10-15(16)22/h2-4,7,10-11H,5-6,8-9H2,1H3,(H,24,25). The van der Waals surface area contributed by atoms with Gasteiger partial charge in [0.15, 0.2) is 11.6 Å². The maximum Gasteiger partial charge on any atom is 0.256 e. The lowest BCUT2D eigenvalue weighted by atomic mass is 9.87. The summed E-state index contributed by atoms with van der Waals surface area (Å²) >= 11 is 5.90. The van der Waals surface area contributed by atoms with E-state index in [1.54, 1.807) is 11.1 Å². The summed E-state index contributed by atoms with van der Waals surface area (Å²) in [5, 5.41) is 0.872. The molecule has 0 atom stereocenters. The zero-order valence-corrected chi connectivity index (χ0v) is 15.9. The van der Waals surface area contributed by atoms with E-state index in [1.807, 2.05) is 6.07 Å². The van der Waals surface area contributed by atoms with E-state index >= 15 is 0 Å². The van der Waals surface area contributed by atoms with Crippen LogP contribution in [0.25, 0.3) is 11.0 Å². The summed E-state index contributed by atoms with van der Waals surface area (Å²) in [6.07, 6.45) is 4.12. The van der Waals surface area contributed by atoms with Gasteiger partial charge in [0, 0.05) is 30.2 Å². The van der Waals surface area contributed by atoms with Crippen LogP contribution in [0.1, 0.15) is 34.7 Å². The minimum absolute atomic E-state index is 0.0325. The summed E-state index contributed by atoms with van der Waals surface area (Å²) in [6, 6.07) is 4.62. The van der Waals surface area contributed by atoms with Gasteiger partial charge in [-0.2, -0.15) is 0 Å². The van der Waals surface area contributed by atoms with Gasteiger partial charge in [0.2, 0.25) is 0 Å². The van der Waals surface area contributed by atoms with Gasteiger partial charge in [-0.05, 0) is 37.0 Å². The molecule has 1 aliphatic heterocycles. The van der Waals surface area contributed by atoms with Gasteiger partial charge in [0.1, 0.15) is 11.5 Å².